The number of fused-ring (bicyclic) bond motifs is 1. The maximum atomic E-state index is 13.0. The smallest absolute Gasteiger partial charge is 0.262 e. The zero-order valence-electron chi connectivity index (χ0n) is 16.3. The molecule has 0 saturated heterocycles. The molecular weight excluding hydrogens is 382 g/mol. The molecule has 0 aliphatic rings. The van der Waals surface area contributed by atoms with Crippen LogP contribution in [0.1, 0.15) is 16.7 Å². The van der Waals surface area contributed by atoms with Gasteiger partial charge in [-0.3, -0.25) is 14.2 Å². The predicted octanol–water partition coefficient (Wildman–Crippen LogP) is 4.06. The number of hydrogen-bond acceptors (Lipinski definition) is 4. The zero-order chi connectivity index (χ0) is 20.4. The molecule has 2 heterocycles. The Hall–Kier alpha value is -3.25. The third-order valence-electron chi connectivity index (χ3n) is 4.88. The van der Waals surface area contributed by atoms with E-state index in [9.17, 15) is 9.59 Å². The van der Waals surface area contributed by atoms with E-state index in [-0.39, 0.29) is 18.0 Å². The van der Waals surface area contributed by atoms with Crippen LogP contribution < -0.4 is 10.9 Å². The first-order valence-corrected chi connectivity index (χ1v) is 10.2. The summed E-state index contributed by atoms with van der Waals surface area (Å²) in [5.74, 6) is -0.218. The first-order valence-electron chi connectivity index (χ1n) is 9.39. The van der Waals surface area contributed by atoms with Gasteiger partial charge in [0, 0.05) is 11.4 Å². The van der Waals surface area contributed by atoms with Gasteiger partial charge in [-0.1, -0.05) is 60.2 Å². The van der Waals surface area contributed by atoms with Gasteiger partial charge in [0.2, 0.25) is 5.91 Å². The molecule has 6 heteroatoms. The number of nitrogens with one attached hydrogen (secondary N) is 1. The van der Waals surface area contributed by atoms with Crippen LogP contribution in [0.25, 0.3) is 20.7 Å². The minimum absolute atomic E-state index is 0.0520. The third-order valence-corrected chi connectivity index (χ3v) is 6.13. The van der Waals surface area contributed by atoms with E-state index >= 15 is 0 Å². The molecule has 4 rings (SSSR count). The Morgan fingerprint density at radius 1 is 1.07 bits per heavy atom. The molecule has 0 saturated carbocycles. The van der Waals surface area contributed by atoms with Crippen molar-refractivity contribution in [3.05, 3.63) is 88.0 Å². The molecule has 0 spiro atoms. The molecular formula is C23H21N3O2S. The number of aromatic nitrogens is 2. The highest BCUT2D eigenvalue weighted by molar-refractivity contribution is 7.22. The molecule has 1 amide bonds. The second-order valence-corrected chi connectivity index (χ2v) is 8.04. The first-order chi connectivity index (χ1) is 14.0. The van der Waals surface area contributed by atoms with Gasteiger partial charge in [-0.05, 0) is 30.5 Å². The summed E-state index contributed by atoms with van der Waals surface area (Å²) >= 11 is 1.50. The van der Waals surface area contributed by atoms with Crippen molar-refractivity contribution in [2.45, 2.75) is 26.9 Å². The van der Waals surface area contributed by atoms with Crippen LogP contribution in [0.3, 0.4) is 0 Å². The van der Waals surface area contributed by atoms with Crippen LogP contribution in [0.2, 0.25) is 0 Å². The lowest BCUT2D eigenvalue weighted by Crippen LogP contribution is -2.32. The minimum atomic E-state index is -0.218. The van der Waals surface area contributed by atoms with Crippen molar-refractivity contribution in [1.29, 1.82) is 0 Å². The van der Waals surface area contributed by atoms with Crippen LogP contribution in [-0.4, -0.2) is 15.5 Å². The number of benzene rings is 2. The topological polar surface area (TPSA) is 64.0 Å². The molecule has 0 atom stereocenters. The fraction of sp³-hybridized carbons (Fsp3) is 0.174. The SMILES string of the molecule is Cc1ccc(CNC(=O)Cn2cnc3sc(-c4ccccc4)c(C)c3c2=O)cc1. The fourth-order valence-electron chi connectivity index (χ4n) is 3.25. The van der Waals surface area contributed by atoms with Gasteiger partial charge in [-0.2, -0.15) is 0 Å². The summed E-state index contributed by atoms with van der Waals surface area (Å²) in [5.41, 5.74) is 3.98. The molecule has 0 aliphatic carbocycles. The van der Waals surface area contributed by atoms with Crippen molar-refractivity contribution in [3.8, 4) is 10.4 Å². The molecule has 5 nitrogen and oxygen atoms in total. The molecule has 2 aromatic heterocycles. The highest BCUT2D eigenvalue weighted by Crippen LogP contribution is 2.35. The molecule has 0 bridgehead atoms. The van der Waals surface area contributed by atoms with E-state index in [1.165, 1.54) is 27.8 Å². The molecule has 4 aromatic rings. The van der Waals surface area contributed by atoms with Gasteiger partial charge in [0.05, 0.1) is 11.7 Å². The molecule has 0 aliphatic heterocycles. The number of rotatable bonds is 5. The van der Waals surface area contributed by atoms with E-state index < -0.39 is 0 Å². The zero-order valence-corrected chi connectivity index (χ0v) is 17.1. The summed E-state index contributed by atoms with van der Waals surface area (Å²) < 4.78 is 1.38. The largest absolute Gasteiger partial charge is 0.350 e. The normalized spacial score (nSPS) is 11.0. The maximum absolute atomic E-state index is 13.0. The van der Waals surface area contributed by atoms with Crippen molar-refractivity contribution < 1.29 is 4.79 Å². The molecule has 0 radical (unpaired) electrons. The van der Waals surface area contributed by atoms with Crippen LogP contribution in [0, 0.1) is 13.8 Å². The number of carbonyl (C=O) groups excluding carboxylic acids is 1. The monoisotopic (exact) mass is 403 g/mol. The van der Waals surface area contributed by atoms with E-state index in [1.807, 2.05) is 68.4 Å². The maximum Gasteiger partial charge on any atom is 0.262 e. The van der Waals surface area contributed by atoms with Crippen molar-refractivity contribution in [2.24, 2.45) is 0 Å². The lowest BCUT2D eigenvalue weighted by molar-refractivity contribution is -0.121. The Morgan fingerprint density at radius 2 is 1.79 bits per heavy atom. The lowest BCUT2D eigenvalue weighted by Gasteiger charge is -2.08. The predicted molar refractivity (Wildman–Crippen MR) is 117 cm³/mol. The average Bonchev–Trinajstić information content (AvgIpc) is 3.07. The second-order valence-electron chi connectivity index (χ2n) is 7.04. The van der Waals surface area contributed by atoms with Gasteiger partial charge in [0.1, 0.15) is 11.4 Å². The Bertz CT molecular complexity index is 1220. The van der Waals surface area contributed by atoms with E-state index in [1.54, 1.807) is 0 Å². The van der Waals surface area contributed by atoms with Crippen LogP contribution >= 0.6 is 11.3 Å². The number of amides is 1. The molecule has 29 heavy (non-hydrogen) atoms. The summed E-state index contributed by atoms with van der Waals surface area (Å²) in [6.07, 6.45) is 1.46. The Kier molecular flexibility index (Phi) is 5.27. The summed E-state index contributed by atoms with van der Waals surface area (Å²) in [7, 11) is 0. The second kappa shape index (κ2) is 8.01. The van der Waals surface area contributed by atoms with Crippen LogP contribution in [0.4, 0.5) is 0 Å². The average molecular weight is 404 g/mol. The lowest BCUT2D eigenvalue weighted by atomic mass is 10.1. The molecule has 0 fully saturated rings. The Balaban J connectivity index is 1.56. The highest BCUT2D eigenvalue weighted by Gasteiger charge is 2.16. The molecule has 1 N–H and O–H groups in total. The van der Waals surface area contributed by atoms with Gasteiger partial charge < -0.3 is 5.32 Å². The van der Waals surface area contributed by atoms with Crippen molar-refractivity contribution in [2.75, 3.05) is 0 Å². The van der Waals surface area contributed by atoms with Crippen molar-refractivity contribution >= 4 is 27.5 Å². The summed E-state index contributed by atoms with van der Waals surface area (Å²) in [5, 5.41) is 3.45. The van der Waals surface area contributed by atoms with Crippen LogP contribution in [0.5, 0.6) is 0 Å². The molecule has 0 unspecified atom stereocenters. The number of carbonyl (C=O) groups is 1. The van der Waals surface area contributed by atoms with Gasteiger partial charge >= 0.3 is 0 Å². The Morgan fingerprint density at radius 3 is 2.52 bits per heavy atom. The molecule has 146 valence electrons. The van der Waals surface area contributed by atoms with E-state index in [0.29, 0.717) is 16.8 Å². The van der Waals surface area contributed by atoms with Gasteiger partial charge in [-0.25, -0.2) is 4.98 Å². The third kappa shape index (κ3) is 3.98. The van der Waals surface area contributed by atoms with Crippen molar-refractivity contribution in [1.82, 2.24) is 14.9 Å². The number of aryl methyl sites for hydroxylation is 2. The fourth-order valence-corrected chi connectivity index (χ4v) is 4.40. The minimum Gasteiger partial charge on any atom is -0.350 e. The van der Waals surface area contributed by atoms with Crippen molar-refractivity contribution in [3.63, 3.8) is 0 Å². The summed E-state index contributed by atoms with van der Waals surface area (Å²) in [6.45, 7) is 4.34. The number of thiophene rings is 1. The summed E-state index contributed by atoms with van der Waals surface area (Å²) in [4.78, 5) is 31.5. The van der Waals surface area contributed by atoms with E-state index in [0.717, 1.165) is 21.6 Å². The van der Waals surface area contributed by atoms with E-state index in [2.05, 4.69) is 10.3 Å². The van der Waals surface area contributed by atoms with Crippen LogP contribution in [-0.2, 0) is 17.9 Å². The highest BCUT2D eigenvalue weighted by atomic mass is 32.1. The van der Waals surface area contributed by atoms with E-state index in [4.69, 9.17) is 0 Å². The van der Waals surface area contributed by atoms with Gasteiger partial charge in [0.15, 0.2) is 0 Å². The van der Waals surface area contributed by atoms with Crippen LogP contribution in [0.15, 0.2) is 65.7 Å². The summed E-state index contributed by atoms with van der Waals surface area (Å²) in [6, 6.07) is 17.9. The van der Waals surface area contributed by atoms with Gasteiger partial charge in [-0.15, -0.1) is 11.3 Å². The number of nitrogens with zero attached hydrogens (tertiary/aromatic N) is 2. The quantitative estimate of drug-likeness (QED) is 0.547. The van der Waals surface area contributed by atoms with Gasteiger partial charge in [0.25, 0.3) is 5.56 Å². The standard InChI is InChI=1S/C23H21N3O2S/c1-15-8-10-17(11-9-15)12-24-19(27)13-26-14-25-22-20(23(26)28)16(2)21(29-22)18-6-4-3-5-7-18/h3-11,14H,12-13H2,1-2H3,(H,24,27). The Labute approximate surface area is 172 Å². The number of hydrogen-bond donors (Lipinski definition) is 1. The molecule has 2 aromatic carbocycles. The first kappa shape index (κ1) is 19.1.